The Labute approximate surface area is 161 Å². The monoisotopic (exact) mass is 369 g/mol. The van der Waals surface area contributed by atoms with Crippen molar-refractivity contribution >= 4 is 5.91 Å². The molecule has 5 nitrogen and oxygen atoms in total. The van der Waals surface area contributed by atoms with E-state index in [1.807, 2.05) is 31.2 Å². The van der Waals surface area contributed by atoms with Gasteiger partial charge in [-0.1, -0.05) is 42.0 Å². The molecule has 3 rings (SSSR count). The average molecular weight is 369 g/mol. The van der Waals surface area contributed by atoms with E-state index in [1.54, 1.807) is 7.11 Å². The second kappa shape index (κ2) is 9.53. The third kappa shape index (κ3) is 5.55. The number of benzene rings is 2. The highest BCUT2D eigenvalue weighted by atomic mass is 16.5. The number of rotatable bonds is 7. The molecule has 1 heterocycles. The quantitative estimate of drug-likeness (QED) is 0.773. The third-order valence-corrected chi connectivity index (χ3v) is 5.02. The van der Waals surface area contributed by atoms with Crippen molar-refractivity contribution in [3.8, 4) is 5.75 Å². The number of ether oxygens (including phenoxy) is 2. The van der Waals surface area contributed by atoms with Gasteiger partial charge in [0.1, 0.15) is 25.4 Å². The van der Waals surface area contributed by atoms with Crippen molar-refractivity contribution in [1.82, 2.24) is 5.32 Å². The molecule has 0 saturated carbocycles. The summed E-state index contributed by atoms with van der Waals surface area (Å²) in [5.41, 5.74) is 4.52. The zero-order chi connectivity index (χ0) is 19.1. The third-order valence-electron chi connectivity index (χ3n) is 5.02. The van der Waals surface area contributed by atoms with Gasteiger partial charge in [-0.25, -0.2) is 0 Å². The fraction of sp³-hybridized carbons (Fsp3) is 0.409. The van der Waals surface area contributed by atoms with Crippen molar-refractivity contribution < 1.29 is 19.2 Å². The Morgan fingerprint density at radius 1 is 1.11 bits per heavy atom. The summed E-state index contributed by atoms with van der Waals surface area (Å²) in [5.74, 6) is 0.763. The molecule has 2 aromatic carbocycles. The van der Waals surface area contributed by atoms with Gasteiger partial charge in [0.05, 0.1) is 26.7 Å². The number of carbonyl (C=O) groups is 1. The predicted octanol–water partition coefficient (Wildman–Crippen LogP) is 1.28. The summed E-state index contributed by atoms with van der Waals surface area (Å²) in [7, 11) is 1.64. The molecule has 0 atom stereocenters. The molecule has 0 unspecified atom stereocenters. The van der Waals surface area contributed by atoms with Gasteiger partial charge in [-0.05, 0) is 18.6 Å². The van der Waals surface area contributed by atoms with Crippen LogP contribution < -0.4 is 15.0 Å². The second-order valence-corrected chi connectivity index (χ2v) is 7.08. The van der Waals surface area contributed by atoms with Gasteiger partial charge in [-0.3, -0.25) is 4.79 Å². The fourth-order valence-corrected chi connectivity index (χ4v) is 3.48. The number of nitrogens with one attached hydrogen (secondary N) is 2. The summed E-state index contributed by atoms with van der Waals surface area (Å²) in [6.45, 7) is 7.26. The summed E-state index contributed by atoms with van der Waals surface area (Å²) in [6, 6.07) is 14.3. The lowest BCUT2D eigenvalue weighted by molar-refractivity contribution is -0.921. The van der Waals surface area contributed by atoms with Crippen molar-refractivity contribution in [2.75, 3.05) is 33.4 Å². The molecule has 0 radical (unpaired) electrons. The molecule has 1 aliphatic rings. The van der Waals surface area contributed by atoms with Gasteiger partial charge >= 0.3 is 0 Å². The van der Waals surface area contributed by atoms with Crippen molar-refractivity contribution in [2.45, 2.75) is 26.4 Å². The van der Waals surface area contributed by atoms with Gasteiger partial charge < -0.3 is 19.7 Å². The van der Waals surface area contributed by atoms with Crippen LogP contribution >= 0.6 is 0 Å². The van der Waals surface area contributed by atoms with Crippen LogP contribution in [0.1, 0.15) is 22.3 Å². The summed E-state index contributed by atoms with van der Waals surface area (Å²) >= 11 is 0. The van der Waals surface area contributed by atoms with Crippen LogP contribution in [0.4, 0.5) is 0 Å². The Hall–Kier alpha value is -2.37. The Balaban J connectivity index is 1.60. The maximum atomic E-state index is 12.5. The first-order valence-corrected chi connectivity index (χ1v) is 9.54. The van der Waals surface area contributed by atoms with Crippen molar-refractivity contribution in [1.29, 1.82) is 0 Å². The number of amides is 1. The van der Waals surface area contributed by atoms with Crippen LogP contribution in [0, 0.1) is 6.92 Å². The topological polar surface area (TPSA) is 52.0 Å². The van der Waals surface area contributed by atoms with Crippen molar-refractivity contribution in [3.05, 3.63) is 64.7 Å². The first kappa shape index (κ1) is 19.4. The zero-order valence-electron chi connectivity index (χ0n) is 16.2. The summed E-state index contributed by atoms with van der Waals surface area (Å²) < 4.78 is 10.8. The molecular formula is C22H29N2O3+. The minimum absolute atomic E-state index is 0.00687. The van der Waals surface area contributed by atoms with Gasteiger partial charge in [0.25, 0.3) is 0 Å². The van der Waals surface area contributed by atoms with Crippen LogP contribution in [0.25, 0.3) is 0 Å². The molecular weight excluding hydrogens is 340 g/mol. The number of morpholine rings is 1. The lowest BCUT2D eigenvalue weighted by Crippen LogP contribution is -3.12. The first-order chi connectivity index (χ1) is 13.2. The van der Waals surface area contributed by atoms with E-state index in [0.29, 0.717) is 13.0 Å². The minimum Gasteiger partial charge on any atom is -0.496 e. The van der Waals surface area contributed by atoms with E-state index in [9.17, 15) is 4.79 Å². The molecule has 2 aromatic rings. The van der Waals surface area contributed by atoms with Gasteiger partial charge in [0.15, 0.2) is 0 Å². The summed E-state index contributed by atoms with van der Waals surface area (Å²) in [6.07, 6.45) is 0.321. The van der Waals surface area contributed by atoms with Gasteiger partial charge in [0.2, 0.25) is 5.91 Å². The van der Waals surface area contributed by atoms with Gasteiger partial charge in [0, 0.05) is 17.7 Å². The number of aryl methyl sites for hydroxylation is 1. The molecule has 0 bridgehead atoms. The van der Waals surface area contributed by atoms with E-state index in [0.717, 1.165) is 49.7 Å². The van der Waals surface area contributed by atoms with Gasteiger partial charge in [-0.2, -0.15) is 0 Å². The van der Waals surface area contributed by atoms with Crippen LogP contribution in [0.3, 0.4) is 0 Å². The Bertz CT molecular complexity index is 770. The van der Waals surface area contributed by atoms with Gasteiger partial charge in [-0.15, -0.1) is 0 Å². The lowest BCUT2D eigenvalue weighted by atomic mass is 10.1. The normalized spacial score (nSPS) is 14.7. The number of hydrogen-bond donors (Lipinski definition) is 2. The highest BCUT2D eigenvalue weighted by molar-refractivity contribution is 5.79. The van der Waals surface area contributed by atoms with Crippen LogP contribution in [0.2, 0.25) is 0 Å². The highest BCUT2D eigenvalue weighted by Gasteiger charge is 2.16. The predicted molar refractivity (Wildman–Crippen MR) is 105 cm³/mol. The van der Waals surface area contributed by atoms with E-state index in [4.69, 9.17) is 9.47 Å². The average Bonchev–Trinajstić information content (AvgIpc) is 2.68. The highest BCUT2D eigenvalue weighted by Crippen LogP contribution is 2.20. The van der Waals surface area contributed by atoms with Crippen LogP contribution in [-0.4, -0.2) is 39.3 Å². The summed E-state index contributed by atoms with van der Waals surface area (Å²) in [5, 5.41) is 3.07. The molecule has 1 aliphatic heterocycles. The largest absolute Gasteiger partial charge is 0.496 e. The summed E-state index contributed by atoms with van der Waals surface area (Å²) in [4.78, 5) is 14.0. The molecule has 1 saturated heterocycles. The fourth-order valence-electron chi connectivity index (χ4n) is 3.48. The Morgan fingerprint density at radius 3 is 2.59 bits per heavy atom. The molecule has 1 fully saturated rings. The number of quaternary nitrogens is 1. The van der Waals surface area contributed by atoms with Crippen LogP contribution in [0.15, 0.2) is 42.5 Å². The molecule has 0 spiro atoms. The lowest BCUT2D eigenvalue weighted by Gasteiger charge is -2.24. The van der Waals surface area contributed by atoms with Crippen LogP contribution in [0.5, 0.6) is 5.75 Å². The molecule has 2 N–H and O–H groups in total. The molecule has 1 amide bonds. The second-order valence-electron chi connectivity index (χ2n) is 7.08. The number of hydrogen-bond acceptors (Lipinski definition) is 3. The van der Waals surface area contributed by atoms with E-state index >= 15 is 0 Å². The van der Waals surface area contributed by atoms with Crippen molar-refractivity contribution in [2.24, 2.45) is 0 Å². The smallest absolute Gasteiger partial charge is 0.224 e. The molecule has 144 valence electrons. The molecule has 27 heavy (non-hydrogen) atoms. The molecule has 0 aliphatic carbocycles. The van der Waals surface area contributed by atoms with E-state index in [1.165, 1.54) is 16.0 Å². The maximum absolute atomic E-state index is 12.5. The van der Waals surface area contributed by atoms with Crippen molar-refractivity contribution in [3.63, 3.8) is 0 Å². The Morgan fingerprint density at radius 2 is 1.85 bits per heavy atom. The number of carbonyl (C=O) groups excluding carboxylic acids is 1. The van der Waals surface area contributed by atoms with E-state index in [-0.39, 0.29) is 5.91 Å². The minimum atomic E-state index is 0.00687. The molecule has 0 aromatic heterocycles. The first-order valence-electron chi connectivity index (χ1n) is 9.54. The SMILES string of the molecule is COc1ccc(C)cc1CC(=O)NCc1ccccc1C[NH+]1CCOCC1. The number of methoxy groups -OCH3 is 1. The van der Waals surface area contributed by atoms with Crippen LogP contribution in [-0.2, 0) is 29.0 Å². The molecule has 5 heteroatoms. The van der Waals surface area contributed by atoms with E-state index < -0.39 is 0 Å². The zero-order valence-corrected chi connectivity index (χ0v) is 16.2. The Kier molecular flexibility index (Phi) is 6.85. The standard InChI is InChI=1S/C22H28N2O3/c1-17-7-8-21(26-2)20(13-17)14-22(25)23-15-18-5-3-4-6-19(18)16-24-9-11-27-12-10-24/h3-8,13H,9-12,14-16H2,1-2H3,(H,23,25)/p+1. The maximum Gasteiger partial charge on any atom is 0.224 e. The van der Waals surface area contributed by atoms with E-state index in [2.05, 4.69) is 23.5 Å².